The average Bonchev–Trinajstić information content (AvgIpc) is 2.96. The van der Waals surface area contributed by atoms with E-state index in [1.54, 1.807) is 17.0 Å². The number of nitrogens with zero attached hydrogens (tertiary/aromatic N) is 2. The molecule has 30 heavy (non-hydrogen) atoms. The zero-order chi connectivity index (χ0) is 21.3. The van der Waals surface area contributed by atoms with Gasteiger partial charge in [-0.1, -0.05) is 53.6 Å². The highest BCUT2D eigenvalue weighted by Gasteiger charge is 2.52. The minimum Gasteiger partial charge on any atom is -0.342 e. The van der Waals surface area contributed by atoms with Gasteiger partial charge in [0.05, 0.1) is 13.0 Å². The third-order valence-electron chi connectivity index (χ3n) is 5.95. The second-order valence-corrected chi connectivity index (χ2v) is 8.51. The van der Waals surface area contributed by atoms with Crippen LogP contribution in [-0.2, 0) is 22.6 Å². The first-order valence-electron chi connectivity index (χ1n) is 10.1. The number of rotatable bonds is 4. The van der Waals surface area contributed by atoms with Crippen LogP contribution in [0.1, 0.15) is 29.5 Å². The highest BCUT2D eigenvalue weighted by molar-refractivity contribution is 6.30. The van der Waals surface area contributed by atoms with Crippen LogP contribution in [0.3, 0.4) is 0 Å². The van der Waals surface area contributed by atoms with Crippen LogP contribution in [0.2, 0.25) is 5.02 Å². The molecule has 7 heteroatoms. The maximum absolute atomic E-state index is 13.1. The first kappa shape index (κ1) is 20.4. The molecule has 0 unspecified atom stereocenters. The lowest BCUT2D eigenvalue weighted by Gasteiger charge is -2.37. The highest BCUT2D eigenvalue weighted by Crippen LogP contribution is 2.30. The number of amides is 4. The molecule has 6 nitrogen and oxygen atoms in total. The van der Waals surface area contributed by atoms with E-state index in [4.69, 9.17) is 11.6 Å². The molecule has 1 spiro atoms. The molecule has 2 aromatic carbocycles. The highest BCUT2D eigenvalue weighted by atomic mass is 35.5. The Morgan fingerprint density at radius 2 is 1.60 bits per heavy atom. The van der Waals surface area contributed by atoms with E-state index < -0.39 is 5.54 Å². The van der Waals surface area contributed by atoms with E-state index in [1.165, 1.54) is 4.90 Å². The van der Waals surface area contributed by atoms with Crippen LogP contribution in [-0.4, -0.2) is 46.3 Å². The Hall–Kier alpha value is -2.86. The third kappa shape index (κ3) is 4.05. The molecular formula is C23H24ClN3O3. The number of urea groups is 1. The number of halogens is 1. The van der Waals surface area contributed by atoms with Gasteiger partial charge in [-0.05, 0) is 43.0 Å². The van der Waals surface area contributed by atoms with E-state index in [-0.39, 0.29) is 24.4 Å². The van der Waals surface area contributed by atoms with E-state index in [0.717, 1.165) is 16.7 Å². The van der Waals surface area contributed by atoms with Crippen LogP contribution in [0.15, 0.2) is 48.5 Å². The summed E-state index contributed by atoms with van der Waals surface area (Å²) in [7, 11) is 0. The molecule has 2 aliphatic rings. The number of carbonyl (C=O) groups is 3. The maximum atomic E-state index is 13.1. The van der Waals surface area contributed by atoms with E-state index >= 15 is 0 Å². The number of imide groups is 1. The van der Waals surface area contributed by atoms with Crippen LogP contribution in [0.4, 0.5) is 4.79 Å². The van der Waals surface area contributed by atoms with Gasteiger partial charge in [-0.2, -0.15) is 0 Å². The molecule has 0 atom stereocenters. The fraction of sp³-hybridized carbons (Fsp3) is 0.348. The Labute approximate surface area is 180 Å². The molecule has 2 aliphatic heterocycles. The Morgan fingerprint density at radius 1 is 1.00 bits per heavy atom. The molecular weight excluding hydrogens is 402 g/mol. The number of hydrogen-bond acceptors (Lipinski definition) is 3. The van der Waals surface area contributed by atoms with Gasteiger partial charge in [-0.15, -0.1) is 0 Å². The second-order valence-electron chi connectivity index (χ2n) is 8.07. The molecule has 0 bridgehead atoms. The number of nitrogens with one attached hydrogen (secondary N) is 1. The molecule has 4 rings (SSSR count). The van der Waals surface area contributed by atoms with Gasteiger partial charge in [0, 0.05) is 18.1 Å². The van der Waals surface area contributed by atoms with Crippen LogP contribution >= 0.6 is 11.6 Å². The first-order valence-corrected chi connectivity index (χ1v) is 10.5. The Balaban J connectivity index is 1.38. The van der Waals surface area contributed by atoms with Crippen molar-refractivity contribution >= 4 is 29.4 Å². The van der Waals surface area contributed by atoms with Crippen molar-refractivity contribution in [2.75, 3.05) is 13.1 Å². The summed E-state index contributed by atoms with van der Waals surface area (Å²) in [6.45, 7) is 3.13. The Bertz CT molecular complexity index is 964. The summed E-state index contributed by atoms with van der Waals surface area (Å²) >= 11 is 5.90. The minimum atomic E-state index is -0.904. The Morgan fingerprint density at radius 3 is 2.23 bits per heavy atom. The van der Waals surface area contributed by atoms with Gasteiger partial charge < -0.3 is 10.2 Å². The van der Waals surface area contributed by atoms with E-state index in [2.05, 4.69) is 5.32 Å². The monoisotopic (exact) mass is 425 g/mol. The molecule has 1 N–H and O–H groups in total. The van der Waals surface area contributed by atoms with Gasteiger partial charge in [-0.25, -0.2) is 4.79 Å². The van der Waals surface area contributed by atoms with Crippen molar-refractivity contribution in [3.8, 4) is 0 Å². The molecule has 0 aromatic heterocycles. The SMILES string of the molecule is Cc1ccc(CN2C(=O)NC3(CCN(C(=O)Cc4ccc(Cl)cc4)CC3)C2=O)cc1. The van der Waals surface area contributed by atoms with Gasteiger partial charge in [-0.3, -0.25) is 14.5 Å². The van der Waals surface area contributed by atoms with Gasteiger partial charge >= 0.3 is 6.03 Å². The predicted octanol–water partition coefficient (Wildman–Crippen LogP) is 3.30. The van der Waals surface area contributed by atoms with E-state index in [1.807, 2.05) is 43.3 Å². The van der Waals surface area contributed by atoms with Crippen molar-refractivity contribution in [3.05, 3.63) is 70.2 Å². The summed E-state index contributed by atoms with van der Waals surface area (Å²) in [5.41, 5.74) is 2.04. The molecule has 2 fully saturated rings. The van der Waals surface area contributed by atoms with Gasteiger partial charge in [0.15, 0.2) is 0 Å². The molecule has 2 aromatic rings. The van der Waals surface area contributed by atoms with Crippen molar-refractivity contribution in [2.45, 2.75) is 38.3 Å². The predicted molar refractivity (Wildman–Crippen MR) is 114 cm³/mol. The zero-order valence-electron chi connectivity index (χ0n) is 16.9. The third-order valence-corrected chi connectivity index (χ3v) is 6.20. The second kappa shape index (κ2) is 8.11. The summed E-state index contributed by atoms with van der Waals surface area (Å²) in [6, 6.07) is 14.7. The normalized spacial score (nSPS) is 18.1. The minimum absolute atomic E-state index is 0.0143. The Kier molecular flexibility index (Phi) is 5.52. The van der Waals surface area contributed by atoms with Crippen molar-refractivity contribution in [2.24, 2.45) is 0 Å². The number of hydrogen-bond donors (Lipinski definition) is 1. The van der Waals surface area contributed by atoms with Crippen molar-refractivity contribution in [1.29, 1.82) is 0 Å². The molecule has 156 valence electrons. The summed E-state index contributed by atoms with van der Waals surface area (Å²) in [5.74, 6) is -0.182. The van der Waals surface area contributed by atoms with Crippen LogP contribution in [0, 0.1) is 6.92 Å². The number of piperidine rings is 1. The lowest BCUT2D eigenvalue weighted by atomic mass is 9.87. The molecule has 2 saturated heterocycles. The largest absolute Gasteiger partial charge is 0.342 e. The average molecular weight is 426 g/mol. The zero-order valence-corrected chi connectivity index (χ0v) is 17.6. The molecule has 4 amide bonds. The van der Waals surface area contributed by atoms with Crippen molar-refractivity contribution in [3.63, 3.8) is 0 Å². The van der Waals surface area contributed by atoms with Crippen LogP contribution in [0.5, 0.6) is 0 Å². The van der Waals surface area contributed by atoms with Crippen molar-refractivity contribution < 1.29 is 14.4 Å². The van der Waals surface area contributed by atoms with Gasteiger partial charge in [0.1, 0.15) is 5.54 Å². The van der Waals surface area contributed by atoms with E-state index in [0.29, 0.717) is 37.4 Å². The summed E-state index contributed by atoms with van der Waals surface area (Å²) in [4.78, 5) is 41.3. The van der Waals surface area contributed by atoms with Gasteiger partial charge in [0.25, 0.3) is 5.91 Å². The lowest BCUT2D eigenvalue weighted by molar-refractivity contribution is -0.138. The summed E-state index contributed by atoms with van der Waals surface area (Å²) in [5, 5.41) is 3.54. The number of benzene rings is 2. The fourth-order valence-electron chi connectivity index (χ4n) is 4.06. The maximum Gasteiger partial charge on any atom is 0.325 e. The summed E-state index contributed by atoms with van der Waals surface area (Å²) < 4.78 is 0. The summed E-state index contributed by atoms with van der Waals surface area (Å²) in [6.07, 6.45) is 1.15. The fourth-order valence-corrected chi connectivity index (χ4v) is 4.19. The van der Waals surface area contributed by atoms with E-state index in [9.17, 15) is 14.4 Å². The molecule has 2 heterocycles. The lowest BCUT2D eigenvalue weighted by Crippen LogP contribution is -2.56. The smallest absolute Gasteiger partial charge is 0.325 e. The first-order chi connectivity index (χ1) is 14.4. The quantitative estimate of drug-likeness (QED) is 0.764. The van der Waals surface area contributed by atoms with Crippen LogP contribution < -0.4 is 5.32 Å². The molecule has 0 saturated carbocycles. The molecule has 0 radical (unpaired) electrons. The molecule has 0 aliphatic carbocycles. The van der Waals surface area contributed by atoms with Gasteiger partial charge in [0.2, 0.25) is 5.91 Å². The topological polar surface area (TPSA) is 69.7 Å². The number of aryl methyl sites for hydroxylation is 1. The van der Waals surface area contributed by atoms with Crippen LogP contribution in [0.25, 0.3) is 0 Å². The number of likely N-dealkylation sites (tertiary alicyclic amines) is 1. The standard InChI is InChI=1S/C23H24ClN3O3/c1-16-2-4-18(5-3-16)15-27-21(29)23(25-22(27)30)10-12-26(13-11-23)20(28)14-17-6-8-19(24)9-7-17/h2-9H,10-15H2,1H3,(H,25,30). The van der Waals surface area contributed by atoms with Crippen molar-refractivity contribution in [1.82, 2.24) is 15.1 Å². The number of carbonyl (C=O) groups excluding carboxylic acids is 3.